The molecule has 0 unspecified atom stereocenters. The van der Waals surface area contributed by atoms with Gasteiger partial charge in [0.05, 0.1) is 15.5 Å². The molecule has 0 aliphatic heterocycles. The zero-order valence-corrected chi connectivity index (χ0v) is 12.4. The first-order valence-corrected chi connectivity index (χ1v) is 7.12. The lowest BCUT2D eigenvalue weighted by Crippen LogP contribution is -1.80. The van der Waals surface area contributed by atoms with Gasteiger partial charge in [-0.1, -0.05) is 11.8 Å². The van der Waals surface area contributed by atoms with Crippen molar-refractivity contribution in [1.82, 2.24) is 0 Å². The van der Waals surface area contributed by atoms with E-state index in [4.69, 9.17) is 4.74 Å². The van der Waals surface area contributed by atoms with Crippen LogP contribution in [-0.2, 0) is 0 Å². The summed E-state index contributed by atoms with van der Waals surface area (Å²) < 4.78 is 36.4. The zero-order chi connectivity index (χ0) is 14.3. The molecule has 0 saturated carbocycles. The molecule has 1 heterocycles. The molecule has 7 heteroatoms. The van der Waals surface area contributed by atoms with Crippen LogP contribution in [0.3, 0.4) is 0 Å². The van der Waals surface area contributed by atoms with Crippen LogP contribution in [0.2, 0.25) is 0 Å². The van der Waals surface area contributed by atoms with Gasteiger partial charge in [-0.15, -0.1) is 24.0 Å². The van der Waals surface area contributed by atoms with Crippen LogP contribution >= 0.6 is 35.7 Å². The van der Waals surface area contributed by atoms with Crippen molar-refractivity contribution in [1.29, 1.82) is 0 Å². The summed E-state index contributed by atoms with van der Waals surface area (Å²) in [5, 5.41) is 0. The number of methoxy groups -OCH3 is 1. The average molecular weight is 324 g/mol. The molecule has 2 rings (SSSR count). The van der Waals surface area contributed by atoms with Gasteiger partial charge in [-0.2, -0.15) is 13.2 Å². The Bertz CT molecular complexity index is 482. The van der Waals surface area contributed by atoms with Gasteiger partial charge in [0.2, 0.25) is 0 Å². The zero-order valence-electron chi connectivity index (χ0n) is 9.85. The lowest BCUT2D eigenvalue weighted by atomic mass is 10.3. The summed E-state index contributed by atoms with van der Waals surface area (Å²) in [6, 6.07) is 12.2. The Kier molecular flexibility index (Phi) is 7.19. The van der Waals surface area contributed by atoms with Crippen molar-refractivity contribution in [2.24, 2.45) is 0 Å². The Morgan fingerprint density at radius 1 is 1.11 bits per heavy atom. The SMILES string of the molecule is COc1ccc(Sc2ccc(S)s2)cc1.FC(F)F. The fraction of sp³-hybridized carbons (Fsp3) is 0.167. The number of benzene rings is 1. The van der Waals surface area contributed by atoms with Crippen LogP contribution in [0.15, 0.2) is 49.7 Å². The summed E-state index contributed by atoms with van der Waals surface area (Å²) >= 11 is 7.72. The highest BCUT2D eigenvalue weighted by molar-refractivity contribution is 8.01. The van der Waals surface area contributed by atoms with Crippen LogP contribution in [0, 0.1) is 0 Å². The topological polar surface area (TPSA) is 9.23 Å². The number of ether oxygens (including phenoxy) is 1. The monoisotopic (exact) mass is 324 g/mol. The number of thiophene rings is 1. The van der Waals surface area contributed by atoms with Gasteiger partial charge >= 0.3 is 6.68 Å². The van der Waals surface area contributed by atoms with Gasteiger partial charge in [-0.3, -0.25) is 0 Å². The van der Waals surface area contributed by atoms with Gasteiger partial charge in [0.15, 0.2) is 0 Å². The average Bonchev–Trinajstić information content (AvgIpc) is 2.75. The Morgan fingerprint density at radius 2 is 1.68 bits per heavy atom. The molecular formula is C12H11F3OS3. The standard InChI is InChI=1S/C11H10OS3.CHF3/c1-12-8-2-4-9(5-3-8)14-11-7-6-10(13)15-11;2-1(3)4/h2-7,13H,1H3;1H. The van der Waals surface area contributed by atoms with Crippen LogP contribution in [0.1, 0.15) is 0 Å². The van der Waals surface area contributed by atoms with E-state index in [-0.39, 0.29) is 0 Å². The summed E-state index contributed by atoms with van der Waals surface area (Å²) in [4.78, 5) is 1.21. The molecule has 0 saturated heterocycles. The number of alkyl halides is 3. The predicted octanol–water partition coefficient (Wildman–Crippen LogP) is 5.38. The second-order valence-electron chi connectivity index (χ2n) is 3.12. The molecular weight excluding hydrogens is 313 g/mol. The molecule has 0 atom stereocenters. The Hall–Kier alpha value is -0.790. The molecule has 1 aromatic heterocycles. The normalized spacial score (nSPS) is 10.0. The van der Waals surface area contributed by atoms with E-state index in [2.05, 4.69) is 30.8 Å². The predicted molar refractivity (Wildman–Crippen MR) is 75.8 cm³/mol. The Morgan fingerprint density at radius 3 is 2.11 bits per heavy atom. The highest BCUT2D eigenvalue weighted by atomic mass is 32.2. The second kappa shape index (κ2) is 8.39. The van der Waals surface area contributed by atoms with Crippen LogP contribution in [0.5, 0.6) is 5.75 Å². The molecule has 0 aliphatic carbocycles. The van der Waals surface area contributed by atoms with Crippen molar-refractivity contribution in [3.8, 4) is 5.75 Å². The highest BCUT2D eigenvalue weighted by Gasteiger charge is 2.00. The molecule has 0 fully saturated rings. The molecule has 0 amide bonds. The van der Waals surface area contributed by atoms with Crippen molar-refractivity contribution in [2.45, 2.75) is 20.0 Å². The molecule has 0 spiro atoms. The van der Waals surface area contributed by atoms with Crippen molar-refractivity contribution < 1.29 is 17.9 Å². The number of rotatable bonds is 3. The third kappa shape index (κ3) is 6.79. The van der Waals surface area contributed by atoms with E-state index >= 15 is 0 Å². The maximum absolute atomic E-state index is 9.67. The van der Waals surface area contributed by atoms with Gasteiger partial charge in [0.25, 0.3) is 0 Å². The molecule has 104 valence electrons. The molecule has 1 nitrogen and oxygen atoms in total. The first-order valence-electron chi connectivity index (χ1n) is 5.04. The molecule has 1 aromatic carbocycles. The highest BCUT2D eigenvalue weighted by Crippen LogP contribution is 2.35. The molecule has 2 aromatic rings. The van der Waals surface area contributed by atoms with E-state index in [0.717, 1.165) is 9.96 Å². The minimum absolute atomic E-state index is 0.889. The van der Waals surface area contributed by atoms with Crippen molar-refractivity contribution in [3.05, 3.63) is 36.4 Å². The minimum atomic E-state index is -3.67. The maximum Gasteiger partial charge on any atom is 0.379 e. The fourth-order valence-electron chi connectivity index (χ4n) is 1.13. The summed E-state index contributed by atoms with van der Waals surface area (Å²) in [6.07, 6.45) is 0. The van der Waals surface area contributed by atoms with E-state index in [9.17, 15) is 13.2 Å². The lowest BCUT2D eigenvalue weighted by Gasteiger charge is -2.01. The second-order valence-corrected chi connectivity index (χ2v) is 6.36. The smallest absolute Gasteiger partial charge is 0.379 e. The summed E-state index contributed by atoms with van der Waals surface area (Å²) in [5.41, 5.74) is 0. The quantitative estimate of drug-likeness (QED) is 0.760. The van der Waals surface area contributed by atoms with E-state index in [1.165, 1.54) is 9.10 Å². The van der Waals surface area contributed by atoms with E-state index < -0.39 is 6.68 Å². The summed E-state index contributed by atoms with van der Waals surface area (Å²) in [5.74, 6) is 0.889. The molecule has 19 heavy (non-hydrogen) atoms. The summed E-state index contributed by atoms with van der Waals surface area (Å²) in [7, 11) is 1.68. The van der Waals surface area contributed by atoms with Crippen molar-refractivity contribution in [3.63, 3.8) is 0 Å². The maximum atomic E-state index is 9.67. The number of hydrogen-bond acceptors (Lipinski definition) is 4. The third-order valence-corrected chi connectivity index (χ3v) is 4.30. The van der Waals surface area contributed by atoms with Crippen molar-refractivity contribution in [2.75, 3.05) is 7.11 Å². The molecule has 0 radical (unpaired) electrons. The largest absolute Gasteiger partial charge is 0.497 e. The Balaban J connectivity index is 0.000000399. The third-order valence-electron chi connectivity index (χ3n) is 1.85. The van der Waals surface area contributed by atoms with Crippen LogP contribution in [0.25, 0.3) is 0 Å². The van der Waals surface area contributed by atoms with E-state index in [1.54, 1.807) is 30.2 Å². The Labute approximate surface area is 123 Å². The summed E-state index contributed by atoms with van der Waals surface area (Å²) in [6.45, 7) is -3.67. The minimum Gasteiger partial charge on any atom is -0.497 e. The number of thiol groups is 1. The van der Waals surface area contributed by atoms with E-state index in [1.807, 2.05) is 18.2 Å². The first kappa shape index (κ1) is 16.3. The fourth-order valence-corrected chi connectivity index (χ4v) is 3.52. The van der Waals surface area contributed by atoms with Gasteiger partial charge in [-0.25, -0.2) is 0 Å². The molecule has 0 aliphatic rings. The van der Waals surface area contributed by atoms with Gasteiger partial charge in [0, 0.05) is 4.90 Å². The van der Waals surface area contributed by atoms with Gasteiger partial charge in [-0.05, 0) is 36.4 Å². The van der Waals surface area contributed by atoms with E-state index in [0.29, 0.717) is 0 Å². The molecule has 0 N–H and O–H groups in total. The van der Waals surface area contributed by atoms with Crippen LogP contribution < -0.4 is 4.74 Å². The van der Waals surface area contributed by atoms with Gasteiger partial charge < -0.3 is 4.74 Å². The van der Waals surface area contributed by atoms with Crippen LogP contribution in [-0.4, -0.2) is 13.8 Å². The number of halogens is 3. The number of hydrogen-bond donors (Lipinski definition) is 1. The first-order chi connectivity index (χ1) is 9.01. The molecule has 0 bridgehead atoms. The van der Waals surface area contributed by atoms with Crippen LogP contribution in [0.4, 0.5) is 13.2 Å². The van der Waals surface area contributed by atoms with Gasteiger partial charge in [0.1, 0.15) is 5.75 Å². The lowest BCUT2D eigenvalue weighted by molar-refractivity contribution is 0.00819. The van der Waals surface area contributed by atoms with Crippen molar-refractivity contribution >= 4 is 35.7 Å².